The molecule has 3 aromatic rings. The van der Waals surface area contributed by atoms with Crippen LogP contribution in [0.5, 0.6) is 0 Å². The summed E-state index contributed by atoms with van der Waals surface area (Å²) in [6.07, 6.45) is 0.975. The molecule has 1 fully saturated rings. The number of aromatic nitrogens is 2. The normalized spacial score (nSPS) is 17.0. The van der Waals surface area contributed by atoms with Crippen LogP contribution in [0.2, 0.25) is 0 Å². The second kappa shape index (κ2) is 7.44. The quantitative estimate of drug-likeness (QED) is 0.603. The van der Waals surface area contributed by atoms with Gasteiger partial charge in [-0.25, -0.2) is 0 Å². The first kappa shape index (κ1) is 18.2. The summed E-state index contributed by atoms with van der Waals surface area (Å²) < 4.78 is 0. The Morgan fingerprint density at radius 2 is 1.75 bits per heavy atom. The second-order valence-electron chi connectivity index (χ2n) is 6.98. The first-order chi connectivity index (χ1) is 13.6. The molecule has 1 unspecified atom stereocenters. The number of nitrogens with zero attached hydrogens (tertiary/aromatic N) is 1. The second-order valence-corrected chi connectivity index (χ2v) is 6.98. The van der Waals surface area contributed by atoms with E-state index in [-0.39, 0.29) is 11.9 Å². The maximum Gasteiger partial charge on any atom is 0.314 e. The number of piperazine rings is 1. The molecule has 1 aromatic heterocycles. The van der Waals surface area contributed by atoms with Crippen molar-refractivity contribution in [2.45, 2.75) is 19.4 Å². The van der Waals surface area contributed by atoms with Gasteiger partial charge in [-0.3, -0.25) is 14.4 Å². The molecule has 4 rings (SSSR count). The zero-order valence-electron chi connectivity index (χ0n) is 15.6. The van der Waals surface area contributed by atoms with Crippen LogP contribution in [-0.4, -0.2) is 40.4 Å². The van der Waals surface area contributed by atoms with Gasteiger partial charge in [0.05, 0.1) is 17.1 Å². The van der Waals surface area contributed by atoms with Gasteiger partial charge in [-0.1, -0.05) is 31.2 Å². The van der Waals surface area contributed by atoms with Crippen molar-refractivity contribution in [3.8, 4) is 0 Å². The van der Waals surface area contributed by atoms with E-state index in [1.54, 1.807) is 18.2 Å². The van der Waals surface area contributed by atoms with Crippen molar-refractivity contribution in [2.75, 3.05) is 19.6 Å². The van der Waals surface area contributed by atoms with Crippen molar-refractivity contribution >= 4 is 16.9 Å². The molecule has 3 N–H and O–H groups in total. The minimum absolute atomic E-state index is 0.0579. The zero-order chi connectivity index (χ0) is 19.7. The van der Waals surface area contributed by atoms with Gasteiger partial charge in [-0.05, 0) is 35.7 Å². The van der Waals surface area contributed by atoms with Crippen molar-refractivity contribution in [3.63, 3.8) is 0 Å². The van der Waals surface area contributed by atoms with Crippen molar-refractivity contribution in [1.82, 2.24) is 20.2 Å². The van der Waals surface area contributed by atoms with Crippen LogP contribution in [0.15, 0.2) is 52.1 Å². The minimum atomic E-state index is -0.729. The predicted molar refractivity (Wildman–Crippen MR) is 108 cm³/mol. The Kier molecular flexibility index (Phi) is 4.83. The number of amides is 1. The van der Waals surface area contributed by atoms with Crippen LogP contribution in [0.25, 0.3) is 11.0 Å². The Morgan fingerprint density at radius 1 is 1.04 bits per heavy atom. The molecule has 28 heavy (non-hydrogen) atoms. The molecule has 1 aliphatic heterocycles. The monoisotopic (exact) mass is 378 g/mol. The Bertz CT molecular complexity index is 1130. The summed E-state index contributed by atoms with van der Waals surface area (Å²) in [5.41, 5.74) is 2.33. The van der Waals surface area contributed by atoms with E-state index < -0.39 is 11.1 Å². The van der Waals surface area contributed by atoms with E-state index in [2.05, 4.69) is 46.5 Å². The number of aryl methyl sites for hydroxylation is 1. The van der Waals surface area contributed by atoms with Crippen molar-refractivity contribution < 1.29 is 4.79 Å². The molecule has 0 bridgehead atoms. The Hall–Kier alpha value is -3.19. The molecule has 2 aromatic carbocycles. The number of nitrogens with one attached hydrogen (secondary N) is 3. The number of aromatic amines is 2. The molecule has 7 heteroatoms. The Balaban J connectivity index is 1.68. The summed E-state index contributed by atoms with van der Waals surface area (Å²) in [5, 5.41) is 3.36. The molecule has 1 atom stereocenters. The van der Waals surface area contributed by atoms with Gasteiger partial charge in [0, 0.05) is 25.2 Å². The van der Waals surface area contributed by atoms with Crippen LogP contribution in [-0.2, 0) is 6.42 Å². The first-order valence-corrected chi connectivity index (χ1v) is 9.43. The number of fused-ring (bicyclic) bond motifs is 1. The van der Waals surface area contributed by atoms with Gasteiger partial charge >= 0.3 is 11.1 Å². The number of rotatable bonds is 3. The molecule has 0 spiro atoms. The average Bonchev–Trinajstić information content (AvgIpc) is 2.74. The Morgan fingerprint density at radius 3 is 2.46 bits per heavy atom. The molecular weight excluding hydrogens is 356 g/mol. The van der Waals surface area contributed by atoms with E-state index >= 15 is 0 Å². The van der Waals surface area contributed by atoms with Crippen molar-refractivity contribution in [3.05, 3.63) is 79.9 Å². The van der Waals surface area contributed by atoms with E-state index in [1.807, 2.05) is 4.90 Å². The standard InChI is InChI=1S/C21H22N4O3/c1-2-13-3-5-14(6-4-13)18-12-22-9-10-25(18)21(28)15-7-8-16-17(11-15)24-20(27)19(26)23-16/h3-8,11,18,22H,2,9-10,12H2,1H3,(H,23,26)(H,24,27). The van der Waals surface area contributed by atoms with Gasteiger partial charge in [0.1, 0.15) is 0 Å². The van der Waals surface area contributed by atoms with Crippen LogP contribution < -0.4 is 16.4 Å². The maximum absolute atomic E-state index is 13.2. The molecule has 0 aliphatic carbocycles. The third kappa shape index (κ3) is 3.36. The highest BCUT2D eigenvalue weighted by Crippen LogP contribution is 2.25. The fourth-order valence-corrected chi connectivity index (χ4v) is 3.63. The number of benzene rings is 2. The molecule has 144 valence electrons. The van der Waals surface area contributed by atoms with Crippen LogP contribution in [0.1, 0.15) is 34.5 Å². The lowest BCUT2D eigenvalue weighted by Gasteiger charge is -2.36. The van der Waals surface area contributed by atoms with Crippen LogP contribution in [0.3, 0.4) is 0 Å². The van der Waals surface area contributed by atoms with Gasteiger partial charge in [0.15, 0.2) is 0 Å². The fraction of sp³-hybridized carbons (Fsp3) is 0.286. The lowest BCUT2D eigenvalue weighted by molar-refractivity contribution is 0.0634. The highest BCUT2D eigenvalue weighted by Gasteiger charge is 2.28. The molecule has 7 nitrogen and oxygen atoms in total. The van der Waals surface area contributed by atoms with E-state index in [9.17, 15) is 14.4 Å². The van der Waals surface area contributed by atoms with Crippen LogP contribution >= 0.6 is 0 Å². The lowest BCUT2D eigenvalue weighted by Crippen LogP contribution is -2.48. The number of hydrogen-bond donors (Lipinski definition) is 3. The topological polar surface area (TPSA) is 98.1 Å². The third-order valence-electron chi connectivity index (χ3n) is 5.25. The smallest absolute Gasteiger partial charge is 0.314 e. The van der Waals surface area contributed by atoms with Gasteiger partial charge in [-0.2, -0.15) is 0 Å². The minimum Gasteiger partial charge on any atom is -0.329 e. The SMILES string of the molecule is CCc1ccc(C2CNCCN2C(=O)c2ccc3[nH]c(=O)c(=O)[nH]c3c2)cc1. The lowest BCUT2D eigenvalue weighted by atomic mass is 10.00. The molecule has 1 amide bonds. The van der Waals surface area contributed by atoms with Gasteiger partial charge < -0.3 is 20.2 Å². The molecule has 1 aliphatic rings. The van der Waals surface area contributed by atoms with Crippen LogP contribution in [0.4, 0.5) is 0 Å². The first-order valence-electron chi connectivity index (χ1n) is 9.43. The van der Waals surface area contributed by atoms with E-state index in [0.717, 1.165) is 18.5 Å². The summed E-state index contributed by atoms with van der Waals surface area (Å²) in [6, 6.07) is 13.3. The van der Waals surface area contributed by atoms with E-state index in [4.69, 9.17) is 0 Å². The predicted octanol–water partition coefficient (Wildman–Crippen LogP) is 1.57. The fourth-order valence-electron chi connectivity index (χ4n) is 3.63. The van der Waals surface area contributed by atoms with Gasteiger partial charge in [-0.15, -0.1) is 0 Å². The molecule has 0 saturated carbocycles. The van der Waals surface area contributed by atoms with Gasteiger partial charge in [0.2, 0.25) is 0 Å². The highest BCUT2D eigenvalue weighted by atomic mass is 16.2. The Labute approximate surface area is 161 Å². The molecular formula is C21H22N4O3. The highest BCUT2D eigenvalue weighted by molar-refractivity contribution is 5.97. The summed E-state index contributed by atoms with van der Waals surface area (Å²) in [7, 11) is 0. The largest absolute Gasteiger partial charge is 0.329 e. The number of hydrogen-bond acceptors (Lipinski definition) is 4. The average molecular weight is 378 g/mol. The molecule has 1 saturated heterocycles. The zero-order valence-corrected chi connectivity index (χ0v) is 15.6. The number of carbonyl (C=O) groups excluding carboxylic acids is 1. The van der Waals surface area contributed by atoms with E-state index in [1.165, 1.54) is 5.56 Å². The third-order valence-corrected chi connectivity index (χ3v) is 5.25. The van der Waals surface area contributed by atoms with E-state index in [0.29, 0.717) is 29.7 Å². The number of H-pyrrole nitrogens is 2. The van der Waals surface area contributed by atoms with Crippen molar-refractivity contribution in [1.29, 1.82) is 0 Å². The summed E-state index contributed by atoms with van der Waals surface area (Å²) in [5.74, 6) is -0.0972. The molecule has 0 radical (unpaired) electrons. The summed E-state index contributed by atoms with van der Waals surface area (Å²) in [4.78, 5) is 43.2. The van der Waals surface area contributed by atoms with Crippen LogP contribution in [0, 0.1) is 0 Å². The summed E-state index contributed by atoms with van der Waals surface area (Å²) in [6.45, 7) is 4.13. The van der Waals surface area contributed by atoms with Gasteiger partial charge in [0.25, 0.3) is 5.91 Å². The maximum atomic E-state index is 13.2. The summed E-state index contributed by atoms with van der Waals surface area (Å²) >= 11 is 0. The van der Waals surface area contributed by atoms with Crippen molar-refractivity contribution in [2.24, 2.45) is 0 Å². The number of carbonyl (C=O) groups is 1. The molecule has 2 heterocycles.